The Bertz CT molecular complexity index is 815. The summed E-state index contributed by atoms with van der Waals surface area (Å²) in [5.41, 5.74) is 0.143. The summed E-state index contributed by atoms with van der Waals surface area (Å²) >= 11 is 0. The van der Waals surface area contributed by atoms with Gasteiger partial charge in [-0.3, -0.25) is 4.79 Å². The van der Waals surface area contributed by atoms with Gasteiger partial charge >= 0.3 is 0 Å². The van der Waals surface area contributed by atoms with Crippen LogP contribution in [-0.2, 0) is 4.79 Å². The minimum absolute atomic E-state index is 0.436. The first-order chi connectivity index (χ1) is 12.9. The summed E-state index contributed by atoms with van der Waals surface area (Å²) in [5, 5.41) is 5.17. The van der Waals surface area contributed by atoms with Gasteiger partial charge in [0.25, 0.3) is 0 Å². The Labute approximate surface area is 155 Å². The zero-order valence-corrected chi connectivity index (χ0v) is 15.2. The van der Waals surface area contributed by atoms with Gasteiger partial charge in [0.15, 0.2) is 29.0 Å². The molecular formula is C19H21F3N2O3. The number of carbonyl (C=O) groups is 1. The van der Waals surface area contributed by atoms with E-state index in [4.69, 9.17) is 9.47 Å². The lowest BCUT2D eigenvalue weighted by atomic mass is 10.2. The van der Waals surface area contributed by atoms with E-state index in [1.54, 1.807) is 25.1 Å². The lowest BCUT2D eigenvalue weighted by Crippen LogP contribution is -2.32. The molecule has 0 aliphatic carbocycles. The lowest BCUT2D eigenvalue weighted by Gasteiger charge is -2.18. The first kappa shape index (κ1) is 20.4. The quantitative estimate of drug-likeness (QED) is 0.667. The highest BCUT2D eigenvalue weighted by Gasteiger charge is 2.19. The predicted octanol–water partition coefficient (Wildman–Crippen LogP) is 4.34. The molecule has 146 valence electrons. The van der Waals surface area contributed by atoms with Crippen molar-refractivity contribution in [3.8, 4) is 11.5 Å². The summed E-state index contributed by atoms with van der Waals surface area (Å²) in [6.45, 7) is 6.15. The fourth-order valence-corrected chi connectivity index (χ4v) is 2.32. The SMILES string of the molecule is CCOc1ccc(N[C@@H](C)C(=O)Nc2ccc(F)c(F)c2F)cc1OCC. The molecule has 2 aromatic rings. The third kappa shape index (κ3) is 5.06. The van der Waals surface area contributed by atoms with Crippen LogP contribution in [0, 0.1) is 17.5 Å². The van der Waals surface area contributed by atoms with Crippen LogP contribution in [0.15, 0.2) is 30.3 Å². The Morgan fingerprint density at radius 1 is 1.00 bits per heavy atom. The molecule has 0 heterocycles. The highest BCUT2D eigenvalue weighted by molar-refractivity contribution is 5.96. The third-order valence-electron chi connectivity index (χ3n) is 3.61. The van der Waals surface area contributed by atoms with Crippen molar-refractivity contribution in [2.45, 2.75) is 26.8 Å². The molecule has 1 amide bonds. The monoisotopic (exact) mass is 382 g/mol. The van der Waals surface area contributed by atoms with Crippen LogP contribution in [-0.4, -0.2) is 25.2 Å². The number of ether oxygens (including phenoxy) is 2. The molecule has 2 aromatic carbocycles. The number of amides is 1. The number of halogens is 3. The molecule has 27 heavy (non-hydrogen) atoms. The summed E-state index contributed by atoms with van der Waals surface area (Å²) in [6, 6.07) is 6.00. The fourth-order valence-electron chi connectivity index (χ4n) is 2.32. The largest absolute Gasteiger partial charge is 0.490 e. The van der Waals surface area contributed by atoms with Gasteiger partial charge in [-0.2, -0.15) is 0 Å². The molecule has 0 spiro atoms. The molecule has 0 bridgehead atoms. The van der Waals surface area contributed by atoms with E-state index >= 15 is 0 Å². The number of benzene rings is 2. The Balaban J connectivity index is 2.10. The zero-order chi connectivity index (χ0) is 20.0. The van der Waals surface area contributed by atoms with Gasteiger partial charge in [0, 0.05) is 11.8 Å². The smallest absolute Gasteiger partial charge is 0.246 e. The maximum atomic E-state index is 13.7. The number of carbonyl (C=O) groups excluding carboxylic acids is 1. The van der Waals surface area contributed by atoms with Crippen molar-refractivity contribution in [1.29, 1.82) is 0 Å². The van der Waals surface area contributed by atoms with Crippen molar-refractivity contribution in [3.05, 3.63) is 47.8 Å². The van der Waals surface area contributed by atoms with Crippen molar-refractivity contribution < 1.29 is 27.4 Å². The standard InChI is InChI=1S/C19H21F3N2O3/c1-4-26-15-9-6-12(10-16(15)27-5-2)23-11(3)19(25)24-14-8-7-13(20)17(21)18(14)22/h6-11,23H,4-5H2,1-3H3,(H,24,25)/t11-/m0/s1. The summed E-state index contributed by atoms with van der Waals surface area (Å²) in [7, 11) is 0. The van der Waals surface area contributed by atoms with E-state index in [2.05, 4.69) is 10.6 Å². The van der Waals surface area contributed by atoms with Crippen LogP contribution >= 0.6 is 0 Å². The molecule has 0 saturated heterocycles. The highest BCUT2D eigenvalue weighted by Crippen LogP contribution is 2.31. The van der Waals surface area contributed by atoms with Gasteiger partial charge in [0.1, 0.15) is 6.04 Å². The van der Waals surface area contributed by atoms with Gasteiger partial charge in [0.05, 0.1) is 18.9 Å². The molecule has 2 rings (SSSR count). The second-order valence-electron chi connectivity index (χ2n) is 5.61. The summed E-state index contributed by atoms with van der Waals surface area (Å²) < 4.78 is 50.9. The number of rotatable bonds is 8. The maximum Gasteiger partial charge on any atom is 0.246 e. The number of hydrogen-bond donors (Lipinski definition) is 2. The highest BCUT2D eigenvalue weighted by atomic mass is 19.2. The van der Waals surface area contributed by atoms with Gasteiger partial charge in [-0.15, -0.1) is 0 Å². The summed E-state index contributed by atoms with van der Waals surface area (Å²) in [5.74, 6) is -3.94. The molecule has 0 aliphatic heterocycles. The number of nitrogens with one attached hydrogen (secondary N) is 2. The molecule has 8 heteroatoms. The van der Waals surface area contributed by atoms with E-state index < -0.39 is 35.1 Å². The number of hydrogen-bond acceptors (Lipinski definition) is 4. The van der Waals surface area contributed by atoms with Gasteiger partial charge in [0.2, 0.25) is 5.91 Å². The van der Waals surface area contributed by atoms with Gasteiger partial charge in [-0.1, -0.05) is 0 Å². The van der Waals surface area contributed by atoms with Crippen molar-refractivity contribution in [2.75, 3.05) is 23.8 Å². The Morgan fingerprint density at radius 2 is 1.67 bits per heavy atom. The molecular weight excluding hydrogens is 361 g/mol. The Kier molecular flexibility index (Phi) is 6.92. The van der Waals surface area contributed by atoms with E-state index in [1.165, 1.54) is 0 Å². The third-order valence-corrected chi connectivity index (χ3v) is 3.61. The minimum atomic E-state index is -1.64. The second-order valence-corrected chi connectivity index (χ2v) is 5.61. The lowest BCUT2D eigenvalue weighted by molar-refractivity contribution is -0.116. The first-order valence-corrected chi connectivity index (χ1v) is 8.47. The first-order valence-electron chi connectivity index (χ1n) is 8.47. The molecule has 0 aromatic heterocycles. The molecule has 0 saturated carbocycles. The molecule has 2 N–H and O–H groups in total. The van der Waals surface area contributed by atoms with Crippen molar-refractivity contribution in [3.63, 3.8) is 0 Å². The average molecular weight is 382 g/mol. The van der Waals surface area contributed by atoms with E-state index in [-0.39, 0.29) is 0 Å². The van der Waals surface area contributed by atoms with E-state index in [0.29, 0.717) is 30.4 Å². The molecule has 1 atom stereocenters. The van der Waals surface area contributed by atoms with Crippen molar-refractivity contribution >= 4 is 17.3 Å². The molecule has 0 unspecified atom stereocenters. The minimum Gasteiger partial charge on any atom is -0.490 e. The molecule has 0 fully saturated rings. The molecule has 0 aliphatic rings. The normalized spacial score (nSPS) is 11.6. The Hall–Kier alpha value is -2.90. The summed E-state index contributed by atoms with van der Waals surface area (Å²) in [4.78, 5) is 12.2. The van der Waals surface area contributed by atoms with Gasteiger partial charge in [-0.25, -0.2) is 13.2 Å². The molecule has 0 radical (unpaired) electrons. The van der Waals surface area contributed by atoms with Crippen LogP contribution < -0.4 is 20.1 Å². The topological polar surface area (TPSA) is 59.6 Å². The van der Waals surface area contributed by atoms with Crippen LogP contribution in [0.4, 0.5) is 24.5 Å². The van der Waals surface area contributed by atoms with Crippen molar-refractivity contribution in [2.24, 2.45) is 0 Å². The number of anilines is 2. The van der Waals surface area contributed by atoms with Crippen LogP contribution in [0.1, 0.15) is 20.8 Å². The van der Waals surface area contributed by atoms with Gasteiger partial charge < -0.3 is 20.1 Å². The summed E-state index contributed by atoms with van der Waals surface area (Å²) in [6.07, 6.45) is 0. The van der Waals surface area contributed by atoms with Crippen LogP contribution in [0.3, 0.4) is 0 Å². The average Bonchev–Trinajstić information content (AvgIpc) is 2.64. The van der Waals surface area contributed by atoms with E-state index in [9.17, 15) is 18.0 Å². The van der Waals surface area contributed by atoms with E-state index in [1.807, 2.05) is 13.8 Å². The molecule has 5 nitrogen and oxygen atoms in total. The second kappa shape index (κ2) is 9.16. The van der Waals surface area contributed by atoms with Crippen LogP contribution in [0.25, 0.3) is 0 Å². The predicted molar refractivity (Wildman–Crippen MR) is 96.8 cm³/mol. The van der Waals surface area contributed by atoms with Crippen LogP contribution in [0.5, 0.6) is 11.5 Å². The van der Waals surface area contributed by atoms with Crippen LogP contribution in [0.2, 0.25) is 0 Å². The maximum absolute atomic E-state index is 13.7. The van der Waals surface area contributed by atoms with Gasteiger partial charge in [-0.05, 0) is 45.0 Å². The fraction of sp³-hybridized carbons (Fsp3) is 0.316. The Morgan fingerprint density at radius 3 is 2.33 bits per heavy atom. The van der Waals surface area contributed by atoms with E-state index in [0.717, 1.165) is 12.1 Å². The zero-order valence-electron chi connectivity index (χ0n) is 15.2. The van der Waals surface area contributed by atoms with Crippen molar-refractivity contribution in [1.82, 2.24) is 0 Å².